The molecule has 2 N–H and O–H groups in total. The molecule has 0 unspecified atom stereocenters. The highest BCUT2D eigenvalue weighted by atomic mass is 19.4. The monoisotopic (exact) mass is 382 g/mol. The van der Waals surface area contributed by atoms with Crippen molar-refractivity contribution in [3.05, 3.63) is 83.7 Å². The van der Waals surface area contributed by atoms with Gasteiger partial charge in [-0.3, -0.25) is 9.78 Å². The second-order valence-electron chi connectivity index (χ2n) is 5.78. The van der Waals surface area contributed by atoms with Crippen LogP contribution in [-0.2, 0) is 6.18 Å². The van der Waals surface area contributed by atoms with Crippen LogP contribution in [0.3, 0.4) is 0 Å². The Morgan fingerprint density at radius 3 is 2.39 bits per heavy atom. The second kappa shape index (κ2) is 7.80. The van der Waals surface area contributed by atoms with Crippen LogP contribution in [0.1, 0.15) is 21.6 Å². The third-order valence-corrected chi connectivity index (χ3v) is 3.74. The van der Waals surface area contributed by atoms with Gasteiger partial charge in [0.05, 0.1) is 17.2 Å². The van der Waals surface area contributed by atoms with Crippen molar-refractivity contribution >= 4 is 23.0 Å². The zero-order valence-electron chi connectivity index (χ0n) is 14.3. The van der Waals surface area contributed by atoms with Crippen molar-refractivity contribution in [1.29, 1.82) is 5.26 Å². The molecule has 1 amide bonds. The number of aromatic nitrogens is 1. The van der Waals surface area contributed by atoms with Crippen LogP contribution in [-0.4, -0.2) is 10.9 Å². The highest BCUT2D eigenvalue weighted by Gasteiger charge is 2.29. The summed E-state index contributed by atoms with van der Waals surface area (Å²) in [6.45, 7) is 0. The molecule has 2 aromatic carbocycles. The molecule has 0 spiro atoms. The molecule has 0 bridgehead atoms. The molecule has 0 aliphatic rings. The zero-order valence-corrected chi connectivity index (χ0v) is 14.3. The topological polar surface area (TPSA) is 77.8 Å². The first-order chi connectivity index (χ1) is 13.3. The van der Waals surface area contributed by atoms with Crippen molar-refractivity contribution in [2.75, 3.05) is 10.6 Å². The zero-order chi connectivity index (χ0) is 20.1. The van der Waals surface area contributed by atoms with E-state index >= 15 is 0 Å². The number of carbonyl (C=O) groups excluding carboxylic acids is 1. The highest BCUT2D eigenvalue weighted by Crippen LogP contribution is 2.30. The number of carbonyl (C=O) groups is 1. The highest BCUT2D eigenvalue weighted by molar-refractivity contribution is 6.03. The number of hydrogen-bond donors (Lipinski definition) is 2. The molecule has 0 radical (unpaired) electrons. The lowest BCUT2D eigenvalue weighted by atomic mass is 10.2. The van der Waals surface area contributed by atoms with E-state index in [1.54, 1.807) is 24.3 Å². The number of nitriles is 1. The molecule has 0 saturated heterocycles. The van der Waals surface area contributed by atoms with Gasteiger partial charge in [-0.1, -0.05) is 6.07 Å². The van der Waals surface area contributed by atoms with E-state index in [9.17, 15) is 18.0 Å². The van der Waals surface area contributed by atoms with Crippen molar-refractivity contribution in [3.8, 4) is 6.07 Å². The summed E-state index contributed by atoms with van der Waals surface area (Å²) < 4.78 is 37.9. The molecule has 28 heavy (non-hydrogen) atoms. The number of pyridine rings is 1. The van der Waals surface area contributed by atoms with Crippen LogP contribution in [0.15, 0.2) is 66.9 Å². The normalized spacial score (nSPS) is 10.8. The SMILES string of the molecule is N#Cc1cccc(NC(=O)c2cc(Nc3ccc(C(F)(F)F)cc3)ccn2)c1. The Bertz CT molecular complexity index is 1040. The Hall–Kier alpha value is -3.86. The molecule has 3 rings (SSSR count). The van der Waals surface area contributed by atoms with Gasteiger partial charge >= 0.3 is 6.18 Å². The summed E-state index contributed by atoms with van der Waals surface area (Å²) in [5.74, 6) is -0.480. The molecule has 8 heteroatoms. The van der Waals surface area contributed by atoms with E-state index in [4.69, 9.17) is 5.26 Å². The van der Waals surface area contributed by atoms with Crippen molar-refractivity contribution < 1.29 is 18.0 Å². The van der Waals surface area contributed by atoms with Gasteiger partial charge in [0.1, 0.15) is 5.69 Å². The summed E-state index contributed by atoms with van der Waals surface area (Å²) in [6.07, 6.45) is -2.99. The van der Waals surface area contributed by atoms with Crippen molar-refractivity contribution in [3.63, 3.8) is 0 Å². The van der Waals surface area contributed by atoms with Crippen LogP contribution in [0.25, 0.3) is 0 Å². The Kier molecular flexibility index (Phi) is 5.27. The summed E-state index contributed by atoms with van der Waals surface area (Å²) in [7, 11) is 0. The quantitative estimate of drug-likeness (QED) is 0.668. The number of nitrogens with one attached hydrogen (secondary N) is 2. The van der Waals surface area contributed by atoms with Gasteiger partial charge in [0.2, 0.25) is 0 Å². The summed E-state index contributed by atoms with van der Waals surface area (Å²) in [6, 6.07) is 16.0. The fourth-order valence-corrected chi connectivity index (χ4v) is 2.40. The molecule has 3 aromatic rings. The molecule has 0 aliphatic heterocycles. The van der Waals surface area contributed by atoms with E-state index in [0.717, 1.165) is 12.1 Å². The fraction of sp³-hybridized carbons (Fsp3) is 0.0500. The predicted molar refractivity (Wildman–Crippen MR) is 98.1 cm³/mol. The standard InChI is InChI=1S/C20H13F3N4O/c21-20(22,23)14-4-6-15(7-5-14)26-17-8-9-25-18(11-17)19(28)27-16-3-1-2-13(10-16)12-24/h1-11H,(H,25,26)(H,27,28). The minimum atomic E-state index is -4.40. The fourth-order valence-electron chi connectivity index (χ4n) is 2.40. The third-order valence-electron chi connectivity index (χ3n) is 3.74. The Morgan fingerprint density at radius 2 is 1.71 bits per heavy atom. The molecular weight excluding hydrogens is 369 g/mol. The van der Waals surface area contributed by atoms with Gasteiger partial charge in [-0.2, -0.15) is 18.4 Å². The van der Waals surface area contributed by atoms with Gasteiger partial charge in [0.25, 0.3) is 5.91 Å². The maximum Gasteiger partial charge on any atom is 0.416 e. The molecule has 0 atom stereocenters. The van der Waals surface area contributed by atoms with E-state index in [2.05, 4.69) is 15.6 Å². The summed E-state index contributed by atoms with van der Waals surface area (Å²) in [4.78, 5) is 16.4. The number of benzene rings is 2. The van der Waals surface area contributed by atoms with Gasteiger partial charge in [0.15, 0.2) is 0 Å². The number of anilines is 3. The summed E-state index contributed by atoms with van der Waals surface area (Å²) in [5.41, 5.74) is 1.15. The van der Waals surface area contributed by atoms with E-state index in [1.165, 1.54) is 30.5 Å². The number of nitrogens with zero attached hydrogens (tertiary/aromatic N) is 2. The molecular formula is C20H13F3N4O. The lowest BCUT2D eigenvalue weighted by molar-refractivity contribution is -0.137. The maximum absolute atomic E-state index is 12.6. The van der Waals surface area contributed by atoms with Crippen molar-refractivity contribution in [2.24, 2.45) is 0 Å². The van der Waals surface area contributed by atoms with Crippen LogP contribution in [0.5, 0.6) is 0 Å². The molecule has 0 aliphatic carbocycles. The Labute approximate surface area is 158 Å². The molecule has 0 saturated carbocycles. The summed E-state index contributed by atoms with van der Waals surface area (Å²) >= 11 is 0. The minimum Gasteiger partial charge on any atom is -0.355 e. The smallest absolute Gasteiger partial charge is 0.355 e. The van der Waals surface area contributed by atoms with Crippen LogP contribution >= 0.6 is 0 Å². The first-order valence-electron chi connectivity index (χ1n) is 8.07. The van der Waals surface area contributed by atoms with E-state index in [1.807, 2.05) is 6.07 Å². The van der Waals surface area contributed by atoms with Gasteiger partial charge < -0.3 is 10.6 Å². The van der Waals surface area contributed by atoms with Crippen LogP contribution in [0.4, 0.5) is 30.2 Å². The number of alkyl halides is 3. The van der Waals surface area contributed by atoms with Crippen LogP contribution in [0, 0.1) is 11.3 Å². The van der Waals surface area contributed by atoms with Gasteiger partial charge in [-0.25, -0.2) is 0 Å². The van der Waals surface area contributed by atoms with Crippen LogP contribution in [0.2, 0.25) is 0 Å². The lowest BCUT2D eigenvalue weighted by Crippen LogP contribution is -2.13. The Morgan fingerprint density at radius 1 is 0.964 bits per heavy atom. The molecule has 1 aromatic heterocycles. The van der Waals surface area contributed by atoms with Gasteiger partial charge in [-0.05, 0) is 54.6 Å². The average molecular weight is 382 g/mol. The number of halogens is 3. The average Bonchev–Trinajstić information content (AvgIpc) is 2.68. The molecule has 5 nitrogen and oxygen atoms in total. The predicted octanol–water partition coefficient (Wildman–Crippen LogP) is 4.97. The first-order valence-corrected chi connectivity index (χ1v) is 8.07. The van der Waals surface area contributed by atoms with Gasteiger partial charge in [-0.15, -0.1) is 0 Å². The largest absolute Gasteiger partial charge is 0.416 e. The van der Waals surface area contributed by atoms with Crippen LogP contribution < -0.4 is 10.6 Å². The maximum atomic E-state index is 12.6. The van der Waals surface area contributed by atoms with Crippen molar-refractivity contribution in [1.82, 2.24) is 4.98 Å². The van der Waals surface area contributed by atoms with E-state index in [-0.39, 0.29) is 5.69 Å². The minimum absolute atomic E-state index is 0.110. The molecule has 1 heterocycles. The lowest BCUT2D eigenvalue weighted by Gasteiger charge is -2.10. The van der Waals surface area contributed by atoms with E-state index < -0.39 is 17.6 Å². The van der Waals surface area contributed by atoms with E-state index in [0.29, 0.717) is 22.6 Å². The second-order valence-corrected chi connectivity index (χ2v) is 5.78. The third kappa shape index (κ3) is 4.65. The molecule has 140 valence electrons. The van der Waals surface area contributed by atoms with Crippen molar-refractivity contribution in [2.45, 2.75) is 6.18 Å². The Balaban J connectivity index is 1.73. The summed E-state index contributed by atoms with van der Waals surface area (Å²) in [5, 5.41) is 14.5. The number of hydrogen-bond acceptors (Lipinski definition) is 4. The number of rotatable bonds is 4. The number of amides is 1. The first kappa shape index (κ1) is 18.9. The van der Waals surface area contributed by atoms with Gasteiger partial charge in [0, 0.05) is 23.3 Å². The molecule has 0 fully saturated rings.